The van der Waals surface area contributed by atoms with Crippen molar-refractivity contribution in [1.82, 2.24) is 5.32 Å². The number of ether oxygens (including phenoxy) is 1. The topological polar surface area (TPSA) is 64.3 Å². The molecule has 3 N–H and O–H groups in total. The number of alkyl carbamates (subject to hydrolysis) is 1. The Bertz CT molecular complexity index is 347. The van der Waals surface area contributed by atoms with Crippen molar-refractivity contribution >= 4 is 6.09 Å². The number of alkyl halides is 2. The van der Waals surface area contributed by atoms with Crippen LogP contribution in [0, 0.1) is 0 Å². The van der Waals surface area contributed by atoms with Crippen molar-refractivity contribution in [2.24, 2.45) is 5.73 Å². The minimum absolute atomic E-state index is 0.0938. The molecule has 0 heterocycles. The van der Waals surface area contributed by atoms with Crippen molar-refractivity contribution in [2.45, 2.75) is 19.1 Å². The highest BCUT2D eigenvalue weighted by Crippen LogP contribution is 2.01. The van der Waals surface area contributed by atoms with Gasteiger partial charge >= 0.3 is 6.09 Å². The molecule has 4 nitrogen and oxygen atoms in total. The smallest absolute Gasteiger partial charge is 0.407 e. The van der Waals surface area contributed by atoms with E-state index in [1.165, 1.54) is 0 Å². The van der Waals surface area contributed by atoms with Gasteiger partial charge in [-0.05, 0) is 5.56 Å². The van der Waals surface area contributed by atoms with Crippen molar-refractivity contribution in [3.8, 4) is 0 Å². The molecule has 0 fully saturated rings. The molecular weight excluding hydrogens is 230 g/mol. The van der Waals surface area contributed by atoms with Crippen LogP contribution >= 0.6 is 0 Å². The van der Waals surface area contributed by atoms with E-state index in [-0.39, 0.29) is 13.2 Å². The molecular formula is C11H14F2N2O2. The Morgan fingerprint density at radius 2 is 2.00 bits per heavy atom. The van der Waals surface area contributed by atoms with E-state index in [1.54, 1.807) is 12.1 Å². The molecule has 0 saturated carbocycles. The van der Waals surface area contributed by atoms with Gasteiger partial charge in [0, 0.05) is 6.54 Å². The van der Waals surface area contributed by atoms with E-state index >= 15 is 0 Å². The number of hydrogen-bond acceptors (Lipinski definition) is 3. The van der Waals surface area contributed by atoms with E-state index in [0.29, 0.717) is 0 Å². The maximum absolute atomic E-state index is 12.0. The van der Waals surface area contributed by atoms with E-state index in [4.69, 9.17) is 10.5 Å². The van der Waals surface area contributed by atoms with Crippen LogP contribution in [0.5, 0.6) is 0 Å². The number of halogens is 2. The summed E-state index contributed by atoms with van der Waals surface area (Å²) >= 11 is 0. The van der Waals surface area contributed by atoms with Crippen LogP contribution in [0.15, 0.2) is 30.3 Å². The van der Waals surface area contributed by atoms with Gasteiger partial charge in [-0.15, -0.1) is 0 Å². The number of rotatable bonds is 5. The third-order valence-corrected chi connectivity index (χ3v) is 2.02. The average molecular weight is 244 g/mol. The molecule has 94 valence electrons. The maximum Gasteiger partial charge on any atom is 0.407 e. The number of hydrogen-bond donors (Lipinski definition) is 2. The van der Waals surface area contributed by atoms with Crippen molar-refractivity contribution < 1.29 is 18.3 Å². The van der Waals surface area contributed by atoms with Crippen LogP contribution in [0.4, 0.5) is 13.6 Å². The first-order valence-corrected chi connectivity index (χ1v) is 5.08. The summed E-state index contributed by atoms with van der Waals surface area (Å²) in [5.74, 6) is 0. The second kappa shape index (κ2) is 6.80. The second-order valence-electron chi connectivity index (χ2n) is 3.44. The Kier molecular flexibility index (Phi) is 5.35. The van der Waals surface area contributed by atoms with E-state index in [0.717, 1.165) is 5.56 Å². The van der Waals surface area contributed by atoms with Crippen LogP contribution in [-0.2, 0) is 11.3 Å². The van der Waals surface area contributed by atoms with Crippen LogP contribution in [-0.4, -0.2) is 25.1 Å². The molecule has 0 aromatic heterocycles. The summed E-state index contributed by atoms with van der Waals surface area (Å²) in [7, 11) is 0. The van der Waals surface area contributed by atoms with Crippen LogP contribution in [0.1, 0.15) is 5.56 Å². The molecule has 6 heteroatoms. The highest BCUT2D eigenvalue weighted by molar-refractivity contribution is 5.67. The second-order valence-corrected chi connectivity index (χ2v) is 3.44. The highest BCUT2D eigenvalue weighted by atomic mass is 19.3. The molecule has 1 amide bonds. The standard InChI is InChI=1S/C11H14F2N2O2/c12-10(13)9(14)6-15-11(16)17-7-8-4-2-1-3-5-8/h1-5,9-10H,6-7,14H2,(H,15,16)/t9-/m1/s1. The number of carbonyl (C=O) groups is 1. The quantitative estimate of drug-likeness (QED) is 0.825. The average Bonchev–Trinajstić information content (AvgIpc) is 2.34. The van der Waals surface area contributed by atoms with E-state index in [1.807, 2.05) is 18.2 Å². The summed E-state index contributed by atoms with van der Waals surface area (Å²) < 4.78 is 28.8. The van der Waals surface area contributed by atoms with Crippen molar-refractivity contribution in [2.75, 3.05) is 6.54 Å². The monoisotopic (exact) mass is 244 g/mol. The molecule has 0 radical (unpaired) electrons. The van der Waals surface area contributed by atoms with Gasteiger partial charge < -0.3 is 15.8 Å². The van der Waals surface area contributed by atoms with Gasteiger partial charge in [0.05, 0.1) is 6.04 Å². The Hall–Kier alpha value is -1.69. The van der Waals surface area contributed by atoms with Gasteiger partial charge in [-0.3, -0.25) is 0 Å². The van der Waals surface area contributed by atoms with Gasteiger partial charge in [0.25, 0.3) is 6.43 Å². The Morgan fingerprint density at radius 1 is 1.35 bits per heavy atom. The summed E-state index contributed by atoms with van der Waals surface area (Å²) in [6, 6.07) is 7.66. The largest absolute Gasteiger partial charge is 0.445 e. The third-order valence-electron chi connectivity index (χ3n) is 2.02. The Morgan fingerprint density at radius 3 is 2.59 bits per heavy atom. The molecule has 1 aromatic carbocycles. The first-order chi connectivity index (χ1) is 8.09. The molecule has 0 aliphatic carbocycles. The fourth-order valence-electron chi connectivity index (χ4n) is 1.06. The van der Waals surface area contributed by atoms with Gasteiger partial charge in [-0.2, -0.15) is 0 Å². The zero-order chi connectivity index (χ0) is 12.7. The van der Waals surface area contributed by atoms with Crippen LogP contribution in [0.25, 0.3) is 0 Å². The molecule has 0 bridgehead atoms. The van der Waals surface area contributed by atoms with E-state index in [2.05, 4.69) is 5.32 Å². The van der Waals surface area contributed by atoms with Crippen molar-refractivity contribution in [3.63, 3.8) is 0 Å². The summed E-state index contributed by atoms with van der Waals surface area (Å²) in [4.78, 5) is 11.1. The number of nitrogens with one attached hydrogen (secondary N) is 1. The normalized spacial score (nSPS) is 12.2. The lowest BCUT2D eigenvalue weighted by atomic mass is 10.2. The Balaban J connectivity index is 2.22. The molecule has 17 heavy (non-hydrogen) atoms. The molecule has 0 spiro atoms. The van der Waals surface area contributed by atoms with E-state index in [9.17, 15) is 13.6 Å². The summed E-state index contributed by atoms with van der Waals surface area (Å²) in [5.41, 5.74) is 5.87. The zero-order valence-corrected chi connectivity index (χ0v) is 9.11. The number of benzene rings is 1. The molecule has 0 aliphatic rings. The lowest BCUT2D eigenvalue weighted by Gasteiger charge is -2.11. The Labute approximate surface area is 97.8 Å². The molecule has 1 aromatic rings. The fraction of sp³-hybridized carbons (Fsp3) is 0.364. The summed E-state index contributed by atoms with van der Waals surface area (Å²) in [6.07, 6.45) is -3.42. The summed E-state index contributed by atoms with van der Waals surface area (Å²) in [6.45, 7) is -0.220. The first kappa shape index (κ1) is 13.4. The molecule has 0 saturated heterocycles. The van der Waals surface area contributed by atoms with E-state index < -0.39 is 18.6 Å². The van der Waals surface area contributed by atoms with Crippen molar-refractivity contribution in [1.29, 1.82) is 0 Å². The SMILES string of the molecule is N[C@H](CNC(=O)OCc1ccccc1)C(F)F. The molecule has 1 atom stereocenters. The summed E-state index contributed by atoms with van der Waals surface area (Å²) in [5, 5.41) is 2.17. The van der Waals surface area contributed by atoms with Crippen molar-refractivity contribution in [3.05, 3.63) is 35.9 Å². The molecule has 1 rings (SSSR count). The van der Waals surface area contributed by atoms with Gasteiger partial charge in [0.1, 0.15) is 6.61 Å². The van der Waals surface area contributed by atoms with Gasteiger partial charge in [-0.25, -0.2) is 13.6 Å². The fourth-order valence-corrected chi connectivity index (χ4v) is 1.06. The number of carbonyl (C=O) groups excluding carboxylic acids is 1. The zero-order valence-electron chi connectivity index (χ0n) is 9.11. The minimum Gasteiger partial charge on any atom is -0.445 e. The third kappa shape index (κ3) is 5.26. The maximum atomic E-state index is 12.0. The van der Waals surface area contributed by atoms with Gasteiger partial charge in [0.2, 0.25) is 0 Å². The lowest BCUT2D eigenvalue weighted by Crippen LogP contribution is -2.41. The number of nitrogens with two attached hydrogens (primary N) is 1. The predicted molar refractivity (Wildman–Crippen MR) is 58.6 cm³/mol. The van der Waals surface area contributed by atoms with Crippen LogP contribution in [0.3, 0.4) is 0 Å². The predicted octanol–water partition coefficient (Wildman–Crippen LogP) is 1.51. The minimum atomic E-state index is -2.66. The molecule has 0 unspecified atom stereocenters. The molecule has 0 aliphatic heterocycles. The van der Waals surface area contributed by atoms with Crippen LogP contribution in [0.2, 0.25) is 0 Å². The highest BCUT2D eigenvalue weighted by Gasteiger charge is 2.16. The lowest BCUT2D eigenvalue weighted by molar-refractivity contribution is 0.108. The van der Waals surface area contributed by atoms with Gasteiger partial charge in [0.15, 0.2) is 0 Å². The number of amides is 1. The van der Waals surface area contributed by atoms with Crippen LogP contribution < -0.4 is 11.1 Å². The first-order valence-electron chi connectivity index (χ1n) is 5.08. The van der Waals surface area contributed by atoms with Gasteiger partial charge in [-0.1, -0.05) is 30.3 Å².